The van der Waals surface area contributed by atoms with Gasteiger partial charge in [-0.2, -0.15) is 0 Å². The van der Waals surface area contributed by atoms with Crippen LogP contribution in [0.4, 0.5) is 22.0 Å². The van der Waals surface area contributed by atoms with Gasteiger partial charge in [0.05, 0.1) is 5.71 Å². The quantitative estimate of drug-likeness (QED) is 0.0689. The number of nitrogens with zero attached hydrogens (tertiary/aromatic N) is 1. The fraction of sp³-hybridized carbons (Fsp3) is 0.154. The zero-order valence-corrected chi connectivity index (χ0v) is 18.1. The Kier molecular flexibility index (Phi) is 8.29. The Hall–Kier alpha value is -3.81. The molecule has 0 N–H and O–H groups in total. The average Bonchev–Trinajstić information content (AvgIpc) is 2.85. The predicted octanol–water partition coefficient (Wildman–Crippen LogP) is 6.77. The molecule has 34 heavy (non-hydrogen) atoms. The van der Waals surface area contributed by atoms with E-state index in [2.05, 4.69) is 9.99 Å². The van der Waals surface area contributed by atoms with Gasteiger partial charge in [0.1, 0.15) is 5.56 Å². The SMILES string of the molecule is CC(/C=C/Cc1ccccc1)C/C(=N/OC(=O)c1c(F)c(F)c(F)c(F)c1F)c1ccccc1. The molecule has 0 aliphatic heterocycles. The predicted molar refractivity (Wildman–Crippen MR) is 118 cm³/mol. The lowest BCUT2D eigenvalue weighted by Gasteiger charge is -2.11. The largest absolute Gasteiger partial charge is 0.371 e. The number of benzene rings is 3. The van der Waals surface area contributed by atoms with Crippen molar-refractivity contribution in [3.63, 3.8) is 0 Å². The van der Waals surface area contributed by atoms with Crippen molar-refractivity contribution < 1.29 is 31.6 Å². The van der Waals surface area contributed by atoms with E-state index in [4.69, 9.17) is 0 Å². The summed E-state index contributed by atoms with van der Waals surface area (Å²) in [5, 5.41) is 3.70. The molecule has 0 aliphatic rings. The van der Waals surface area contributed by atoms with Crippen LogP contribution in [0.1, 0.15) is 34.8 Å². The van der Waals surface area contributed by atoms with E-state index < -0.39 is 40.6 Å². The third-order valence-electron chi connectivity index (χ3n) is 4.94. The normalized spacial score (nSPS) is 12.7. The van der Waals surface area contributed by atoms with Crippen LogP contribution in [0.15, 0.2) is 78.0 Å². The van der Waals surface area contributed by atoms with Crippen molar-refractivity contribution in [2.24, 2.45) is 11.1 Å². The molecule has 0 heterocycles. The van der Waals surface area contributed by atoms with Crippen LogP contribution in [0.25, 0.3) is 0 Å². The zero-order valence-electron chi connectivity index (χ0n) is 18.1. The van der Waals surface area contributed by atoms with E-state index in [0.29, 0.717) is 12.0 Å². The summed E-state index contributed by atoms with van der Waals surface area (Å²) in [6, 6.07) is 18.3. The average molecular weight is 473 g/mol. The van der Waals surface area contributed by atoms with Crippen LogP contribution in [-0.2, 0) is 11.3 Å². The van der Waals surface area contributed by atoms with Gasteiger partial charge in [0.15, 0.2) is 23.3 Å². The Labute approximate surface area is 193 Å². The molecule has 3 rings (SSSR count). The lowest BCUT2D eigenvalue weighted by atomic mass is 9.98. The minimum atomic E-state index is -2.36. The van der Waals surface area contributed by atoms with Crippen molar-refractivity contribution in [1.29, 1.82) is 0 Å². The zero-order chi connectivity index (χ0) is 24.7. The number of carbonyl (C=O) groups excluding carboxylic acids is 1. The summed E-state index contributed by atoms with van der Waals surface area (Å²) < 4.78 is 67.9. The summed E-state index contributed by atoms with van der Waals surface area (Å²) >= 11 is 0. The van der Waals surface area contributed by atoms with E-state index in [0.717, 1.165) is 5.56 Å². The Morgan fingerprint density at radius 3 is 1.97 bits per heavy atom. The Bertz CT molecular complexity index is 1180. The standard InChI is InChI=1S/C26H20F5NO2/c1-16(9-8-12-17-10-4-2-5-11-17)15-19(18-13-6-3-7-14-18)32-34-26(33)20-21(27)23(29)25(31)24(30)22(20)28/h2-11,13-14,16H,12,15H2,1H3/b9-8+,32-19-. The van der Waals surface area contributed by atoms with Gasteiger partial charge in [-0.3, -0.25) is 0 Å². The smallest absolute Gasteiger partial charge is 0.312 e. The molecule has 3 aromatic rings. The number of halogens is 5. The highest BCUT2D eigenvalue weighted by molar-refractivity contribution is 6.01. The van der Waals surface area contributed by atoms with Gasteiger partial charge in [0.25, 0.3) is 0 Å². The topological polar surface area (TPSA) is 38.7 Å². The number of hydrogen-bond acceptors (Lipinski definition) is 3. The minimum Gasteiger partial charge on any atom is -0.312 e. The van der Waals surface area contributed by atoms with Crippen molar-refractivity contribution in [2.45, 2.75) is 19.8 Å². The lowest BCUT2D eigenvalue weighted by Crippen LogP contribution is -2.15. The molecule has 0 aromatic heterocycles. The maximum absolute atomic E-state index is 13.9. The molecule has 8 heteroatoms. The van der Waals surface area contributed by atoms with Gasteiger partial charge < -0.3 is 4.84 Å². The van der Waals surface area contributed by atoms with Gasteiger partial charge in [-0.05, 0) is 29.9 Å². The molecule has 0 aliphatic carbocycles. The van der Waals surface area contributed by atoms with E-state index in [1.54, 1.807) is 30.3 Å². The van der Waals surface area contributed by atoms with Crippen LogP contribution in [0.3, 0.4) is 0 Å². The highest BCUT2D eigenvalue weighted by Crippen LogP contribution is 2.24. The highest BCUT2D eigenvalue weighted by Gasteiger charge is 2.31. The summed E-state index contributed by atoms with van der Waals surface area (Å²) in [5.74, 6) is -13.3. The highest BCUT2D eigenvalue weighted by atomic mass is 19.2. The molecule has 0 amide bonds. The van der Waals surface area contributed by atoms with Gasteiger partial charge in [-0.15, -0.1) is 0 Å². The number of carbonyl (C=O) groups is 1. The maximum atomic E-state index is 13.9. The molecule has 3 nitrogen and oxygen atoms in total. The summed E-state index contributed by atoms with van der Waals surface area (Å²) in [5.41, 5.74) is 0.244. The minimum absolute atomic E-state index is 0.0736. The molecular weight excluding hydrogens is 453 g/mol. The van der Waals surface area contributed by atoms with Gasteiger partial charge in [-0.25, -0.2) is 26.7 Å². The molecule has 3 aromatic carbocycles. The van der Waals surface area contributed by atoms with E-state index in [9.17, 15) is 26.7 Å². The van der Waals surface area contributed by atoms with Crippen LogP contribution < -0.4 is 0 Å². The van der Waals surface area contributed by atoms with Crippen molar-refractivity contribution in [1.82, 2.24) is 0 Å². The fourth-order valence-electron chi connectivity index (χ4n) is 3.19. The summed E-state index contributed by atoms with van der Waals surface area (Å²) in [6.07, 6.45) is 4.90. The molecule has 0 bridgehead atoms. The number of rotatable bonds is 8. The van der Waals surface area contributed by atoms with Gasteiger partial charge in [-0.1, -0.05) is 84.9 Å². The number of allylic oxidation sites excluding steroid dienone is 2. The molecule has 0 fully saturated rings. The van der Waals surface area contributed by atoms with Crippen LogP contribution in [0.2, 0.25) is 0 Å². The van der Waals surface area contributed by atoms with Crippen molar-refractivity contribution in [3.8, 4) is 0 Å². The Morgan fingerprint density at radius 1 is 0.853 bits per heavy atom. The first kappa shape index (κ1) is 24.8. The van der Waals surface area contributed by atoms with Gasteiger partial charge >= 0.3 is 5.97 Å². The number of oxime groups is 1. The second-order valence-electron chi connectivity index (χ2n) is 7.53. The molecule has 176 valence electrons. The molecule has 0 saturated heterocycles. The van der Waals surface area contributed by atoms with Crippen LogP contribution in [-0.4, -0.2) is 11.7 Å². The van der Waals surface area contributed by atoms with Crippen molar-refractivity contribution in [3.05, 3.63) is 119 Å². The molecule has 1 unspecified atom stereocenters. The first-order valence-electron chi connectivity index (χ1n) is 10.3. The summed E-state index contributed by atoms with van der Waals surface area (Å²) in [6.45, 7) is 1.89. The molecule has 0 saturated carbocycles. The fourth-order valence-corrected chi connectivity index (χ4v) is 3.19. The monoisotopic (exact) mass is 473 g/mol. The van der Waals surface area contributed by atoms with Crippen LogP contribution in [0.5, 0.6) is 0 Å². The Morgan fingerprint density at radius 2 is 1.38 bits per heavy atom. The lowest BCUT2D eigenvalue weighted by molar-refractivity contribution is 0.0500. The third kappa shape index (κ3) is 5.95. The van der Waals surface area contributed by atoms with Gasteiger partial charge in [0, 0.05) is 0 Å². The second-order valence-corrected chi connectivity index (χ2v) is 7.53. The van der Waals surface area contributed by atoms with E-state index >= 15 is 0 Å². The van der Waals surface area contributed by atoms with Gasteiger partial charge in [0.2, 0.25) is 5.82 Å². The maximum Gasteiger partial charge on any atom is 0.371 e. The summed E-state index contributed by atoms with van der Waals surface area (Å²) in [4.78, 5) is 16.8. The molecule has 0 radical (unpaired) electrons. The third-order valence-corrected chi connectivity index (χ3v) is 4.94. The molecule has 0 spiro atoms. The van der Waals surface area contributed by atoms with Crippen molar-refractivity contribution >= 4 is 11.7 Å². The van der Waals surface area contributed by atoms with Crippen LogP contribution >= 0.6 is 0 Å². The first-order valence-corrected chi connectivity index (χ1v) is 10.3. The summed E-state index contributed by atoms with van der Waals surface area (Å²) in [7, 11) is 0. The van der Waals surface area contributed by atoms with E-state index in [1.165, 1.54) is 0 Å². The first-order chi connectivity index (χ1) is 16.3. The number of hydrogen-bond donors (Lipinski definition) is 0. The van der Waals surface area contributed by atoms with Crippen molar-refractivity contribution in [2.75, 3.05) is 0 Å². The Balaban J connectivity index is 1.80. The van der Waals surface area contributed by atoms with E-state index in [1.807, 2.05) is 49.4 Å². The van der Waals surface area contributed by atoms with E-state index in [-0.39, 0.29) is 18.1 Å². The molecule has 1 atom stereocenters. The second kappa shape index (κ2) is 11.4. The van der Waals surface area contributed by atoms with Crippen LogP contribution in [0, 0.1) is 35.0 Å². The molecular formula is C26H20F5NO2.